The lowest BCUT2D eigenvalue weighted by Crippen LogP contribution is -2.10. The van der Waals surface area contributed by atoms with E-state index in [9.17, 15) is 15.3 Å². The van der Waals surface area contributed by atoms with Gasteiger partial charge in [-0.3, -0.25) is 0 Å². The van der Waals surface area contributed by atoms with Crippen LogP contribution in [0, 0.1) is 11.8 Å². The highest BCUT2D eigenvalue weighted by Crippen LogP contribution is 2.50. The standard InChI is InChI=1S/C20H24O5/c1-11-12(2)20(14-5-7-17(23)18(9-14)24-3)25-19(11)13-4-6-16(22)15(8-13)10-21/h4-9,11-12,19-23H,10H2,1-3H3/t11-,12+,19?,20+/m0/s1. The van der Waals surface area contributed by atoms with E-state index < -0.39 is 0 Å². The van der Waals surface area contributed by atoms with Crippen molar-refractivity contribution in [3.8, 4) is 17.2 Å². The number of hydrogen-bond acceptors (Lipinski definition) is 5. The van der Waals surface area contributed by atoms with Crippen LogP contribution in [0.4, 0.5) is 0 Å². The van der Waals surface area contributed by atoms with Gasteiger partial charge >= 0.3 is 0 Å². The van der Waals surface area contributed by atoms with Gasteiger partial charge in [-0.1, -0.05) is 26.0 Å². The normalized spacial score (nSPS) is 25.9. The third kappa shape index (κ3) is 3.17. The van der Waals surface area contributed by atoms with Crippen molar-refractivity contribution in [2.45, 2.75) is 32.7 Å². The van der Waals surface area contributed by atoms with Gasteiger partial charge in [0.25, 0.3) is 0 Å². The van der Waals surface area contributed by atoms with E-state index in [4.69, 9.17) is 9.47 Å². The maximum Gasteiger partial charge on any atom is 0.160 e. The molecule has 0 aliphatic carbocycles. The first-order valence-corrected chi connectivity index (χ1v) is 8.41. The Bertz CT molecular complexity index is 694. The van der Waals surface area contributed by atoms with Crippen LogP contribution in [0.1, 0.15) is 42.7 Å². The minimum Gasteiger partial charge on any atom is -0.508 e. The lowest BCUT2D eigenvalue weighted by molar-refractivity contribution is 0.0288. The largest absolute Gasteiger partial charge is 0.508 e. The van der Waals surface area contributed by atoms with Crippen molar-refractivity contribution in [2.24, 2.45) is 11.8 Å². The number of aliphatic hydroxyl groups excluding tert-OH is 1. The zero-order chi connectivity index (χ0) is 18.1. The van der Waals surface area contributed by atoms with E-state index in [1.54, 1.807) is 18.2 Å². The highest BCUT2D eigenvalue weighted by atomic mass is 16.5. The molecule has 0 aromatic heterocycles. The molecule has 0 spiro atoms. The van der Waals surface area contributed by atoms with Gasteiger partial charge < -0.3 is 24.8 Å². The minimum atomic E-state index is -0.213. The van der Waals surface area contributed by atoms with E-state index in [-0.39, 0.29) is 42.1 Å². The summed E-state index contributed by atoms with van der Waals surface area (Å²) in [6.45, 7) is 4.06. The second-order valence-corrected chi connectivity index (χ2v) is 6.67. The highest BCUT2D eigenvalue weighted by Gasteiger charge is 2.40. The first-order chi connectivity index (χ1) is 12.0. The Morgan fingerprint density at radius 1 is 0.920 bits per heavy atom. The lowest BCUT2D eigenvalue weighted by atomic mass is 9.85. The van der Waals surface area contributed by atoms with Crippen molar-refractivity contribution in [3.05, 3.63) is 53.1 Å². The molecule has 2 aromatic carbocycles. The summed E-state index contributed by atoms with van der Waals surface area (Å²) in [4.78, 5) is 0. The molecule has 3 N–H and O–H groups in total. The van der Waals surface area contributed by atoms with Gasteiger partial charge in [0.2, 0.25) is 0 Å². The van der Waals surface area contributed by atoms with Gasteiger partial charge in [-0.2, -0.15) is 0 Å². The SMILES string of the molecule is COc1cc([C@@H]2OC(c3ccc(O)c(CO)c3)[C@@H](C)[C@H]2C)ccc1O. The molecule has 5 nitrogen and oxygen atoms in total. The third-order valence-electron chi connectivity index (χ3n) is 5.21. The number of rotatable bonds is 4. The van der Waals surface area contributed by atoms with E-state index >= 15 is 0 Å². The number of methoxy groups -OCH3 is 1. The second kappa shape index (κ2) is 6.94. The van der Waals surface area contributed by atoms with Crippen molar-refractivity contribution < 1.29 is 24.8 Å². The fourth-order valence-electron chi connectivity index (χ4n) is 3.50. The summed E-state index contributed by atoms with van der Waals surface area (Å²) < 4.78 is 11.5. The molecule has 1 aliphatic heterocycles. The number of aromatic hydroxyl groups is 2. The first kappa shape index (κ1) is 17.6. The molecular weight excluding hydrogens is 320 g/mol. The van der Waals surface area contributed by atoms with Gasteiger partial charge in [-0.15, -0.1) is 0 Å². The van der Waals surface area contributed by atoms with E-state index in [1.807, 2.05) is 18.2 Å². The quantitative estimate of drug-likeness (QED) is 0.788. The number of phenolic OH excluding ortho intramolecular Hbond substituents is 1. The average Bonchev–Trinajstić information content (AvgIpc) is 2.91. The predicted octanol–water partition coefficient (Wildman–Crippen LogP) is 3.68. The van der Waals surface area contributed by atoms with Gasteiger partial charge in [-0.25, -0.2) is 0 Å². The van der Waals surface area contributed by atoms with Crippen LogP contribution in [-0.4, -0.2) is 22.4 Å². The van der Waals surface area contributed by atoms with E-state index in [1.165, 1.54) is 7.11 Å². The van der Waals surface area contributed by atoms with Crippen LogP contribution in [0.15, 0.2) is 36.4 Å². The summed E-state index contributed by atoms with van der Waals surface area (Å²) in [7, 11) is 1.52. The topological polar surface area (TPSA) is 79.2 Å². The summed E-state index contributed by atoms with van der Waals surface area (Å²) >= 11 is 0. The molecule has 1 fully saturated rings. The van der Waals surface area contributed by atoms with E-state index in [2.05, 4.69) is 13.8 Å². The Balaban J connectivity index is 1.91. The van der Waals surface area contributed by atoms with Crippen molar-refractivity contribution in [2.75, 3.05) is 7.11 Å². The number of aliphatic hydroxyl groups is 1. The third-order valence-corrected chi connectivity index (χ3v) is 5.21. The van der Waals surface area contributed by atoms with Crippen LogP contribution in [0.2, 0.25) is 0 Å². The highest BCUT2D eigenvalue weighted by molar-refractivity contribution is 5.43. The van der Waals surface area contributed by atoms with Gasteiger partial charge in [0.15, 0.2) is 11.5 Å². The van der Waals surface area contributed by atoms with Gasteiger partial charge in [0, 0.05) is 5.56 Å². The van der Waals surface area contributed by atoms with Crippen molar-refractivity contribution >= 4 is 0 Å². The lowest BCUT2D eigenvalue weighted by Gasteiger charge is -2.18. The van der Waals surface area contributed by atoms with Crippen LogP contribution in [-0.2, 0) is 11.3 Å². The summed E-state index contributed by atoms with van der Waals surface area (Å²) in [6.07, 6.45) is -0.258. The number of hydrogen-bond donors (Lipinski definition) is 3. The fraction of sp³-hybridized carbons (Fsp3) is 0.400. The molecule has 1 heterocycles. The summed E-state index contributed by atoms with van der Waals surface area (Å²) in [6, 6.07) is 10.5. The van der Waals surface area contributed by atoms with Crippen LogP contribution >= 0.6 is 0 Å². The summed E-state index contributed by atoms with van der Waals surface area (Å²) in [5.74, 6) is 1.13. The van der Waals surface area contributed by atoms with Gasteiger partial charge in [0.05, 0.1) is 25.9 Å². The molecule has 0 amide bonds. The first-order valence-electron chi connectivity index (χ1n) is 8.41. The molecule has 0 radical (unpaired) electrons. The van der Waals surface area contributed by atoms with Crippen molar-refractivity contribution in [1.82, 2.24) is 0 Å². The Kier molecular flexibility index (Phi) is 4.88. The number of benzene rings is 2. The zero-order valence-corrected chi connectivity index (χ0v) is 14.6. The van der Waals surface area contributed by atoms with Crippen molar-refractivity contribution in [1.29, 1.82) is 0 Å². The molecule has 2 aromatic rings. The maximum atomic E-state index is 9.80. The predicted molar refractivity (Wildman–Crippen MR) is 93.6 cm³/mol. The molecule has 3 rings (SSSR count). The molecule has 1 saturated heterocycles. The van der Waals surface area contributed by atoms with Crippen LogP contribution in [0.25, 0.3) is 0 Å². The Labute approximate surface area is 147 Å². The fourth-order valence-corrected chi connectivity index (χ4v) is 3.50. The Hall–Kier alpha value is -2.24. The monoisotopic (exact) mass is 344 g/mol. The van der Waals surface area contributed by atoms with E-state index in [0.717, 1.165) is 11.1 Å². The molecule has 5 heteroatoms. The van der Waals surface area contributed by atoms with Crippen molar-refractivity contribution in [3.63, 3.8) is 0 Å². The van der Waals surface area contributed by atoms with E-state index in [0.29, 0.717) is 11.3 Å². The Morgan fingerprint density at radius 3 is 2.04 bits per heavy atom. The maximum absolute atomic E-state index is 9.80. The summed E-state index contributed by atoms with van der Waals surface area (Å²) in [5.41, 5.74) is 2.39. The minimum absolute atomic E-state index is 0.0877. The van der Waals surface area contributed by atoms with Crippen LogP contribution < -0.4 is 4.74 Å². The molecule has 4 atom stereocenters. The van der Waals surface area contributed by atoms with Crippen LogP contribution in [0.3, 0.4) is 0 Å². The summed E-state index contributed by atoms with van der Waals surface area (Å²) in [5, 5.41) is 28.9. The molecule has 1 aliphatic rings. The van der Waals surface area contributed by atoms with Gasteiger partial charge in [0.1, 0.15) is 5.75 Å². The second-order valence-electron chi connectivity index (χ2n) is 6.67. The number of phenols is 2. The molecule has 134 valence electrons. The Morgan fingerprint density at radius 2 is 1.48 bits per heavy atom. The zero-order valence-electron chi connectivity index (χ0n) is 14.6. The molecule has 1 unspecified atom stereocenters. The smallest absolute Gasteiger partial charge is 0.160 e. The van der Waals surface area contributed by atoms with Gasteiger partial charge in [-0.05, 0) is 47.2 Å². The average molecular weight is 344 g/mol. The molecule has 0 saturated carbocycles. The molecular formula is C20H24O5. The molecule has 25 heavy (non-hydrogen) atoms. The molecule has 0 bridgehead atoms. The number of ether oxygens (including phenoxy) is 2. The van der Waals surface area contributed by atoms with Crippen LogP contribution in [0.5, 0.6) is 17.2 Å².